The fourth-order valence-corrected chi connectivity index (χ4v) is 2.90. The van der Waals surface area contributed by atoms with Gasteiger partial charge in [-0.1, -0.05) is 0 Å². The van der Waals surface area contributed by atoms with Gasteiger partial charge in [0.05, 0.1) is 11.1 Å². The predicted molar refractivity (Wildman–Crippen MR) is 72.6 cm³/mol. The van der Waals surface area contributed by atoms with E-state index < -0.39 is 0 Å². The third-order valence-corrected chi connectivity index (χ3v) is 3.72. The number of nitrogens with one attached hydrogen (secondary N) is 1. The molecule has 90 valence electrons. The largest absolute Gasteiger partial charge is 0.323 e. The molecule has 1 aromatic carbocycles. The number of rotatable bonds is 1. The van der Waals surface area contributed by atoms with Crippen molar-refractivity contribution < 1.29 is 4.39 Å². The number of H-pyrrole nitrogens is 1. The fraction of sp³-hybridized carbons (Fsp3) is 0. The highest BCUT2D eigenvalue weighted by molar-refractivity contribution is 7.71. The molecule has 0 bridgehead atoms. The van der Waals surface area contributed by atoms with Gasteiger partial charge in [-0.3, -0.25) is 9.36 Å². The minimum Gasteiger partial charge on any atom is -0.323 e. The molecule has 3 rings (SSSR count). The summed E-state index contributed by atoms with van der Waals surface area (Å²) in [6, 6.07) is 7.40. The normalized spacial score (nSPS) is 10.9. The molecule has 0 saturated heterocycles. The van der Waals surface area contributed by atoms with Crippen LogP contribution in [-0.4, -0.2) is 9.55 Å². The molecular weight excluding hydrogens is 271 g/mol. The average Bonchev–Trinajstić information content (AvgIpc) is 2.80. The second-order valence-corrected chi connectivity index (χ2v) is 5.01. The summed E-state index contributed by atoms with van der Waals surface area (Å²) >= 11 is 6.59. The van der Waals surface area contributed by atoms with Crippen LogP contribution in [0.5, 0.6) is 0 Å². The second-order valence-electron chi connectivity index (χ2n) is 3.71. The van der Waals surface area contributed by atoms with Crippen LogP contribution in [0.1, 0.15) is 0 Å². The summed E-state index contributed by atoms with van der Waals surface area (Å²) in [4.78, 5) is 16.0. The van der Waals surface area contributed by atoms with E-state index in [4.69, 9.17) is 12.2 Å². The molecule has 3 nitrogen and oxygen atoms in total. The third-order valence-electron chi connectivity index (χ3n) is 2.61. The van der Waals surface area contributed by atoms with Crippen LogP contribution in [0.2, 0.25) is 0 Å². The van der Waals surface area contributed by atoms with Crippen LogP contribution in [-0.2, 0) is 0 Å². The lowest BCUT2D eigenvalue weighted by atomic mass is 10.3. The van der Waals surface area contributed by atoms with Gasteiger partial charge in [0.25, 0.3) is 5.56 Å². The van der Waals surface area contributed by atoms with Crippen molar-refractivity contribution in [1.82, 2.24) is 9.55 Å². The average molecular weight is 278 g/mol. The molecule has 18 heavy (non-hydrogen) atoms. The molecule has 2 aromatic heterocycles. The first kappa shape index (κ1) is 11.3. The number of aromatic amines is 1. The Kier molecular flexibility index (Phi) is 2.61. The number of hydrogen-bond acceptors (Lipinski definition) is 3. The van der Waals surface area contributed by atoms with Crippen molar-refractivity contribution in [1.29, 1.82) is 0 Å². The zero-order valence-corrected chi connectivity index (χ0v) is 10.6. The Hall–Kier alpha value is -1.79. The number of benzene rings is 1. The minimum atomic E-state index is -0.349. The van der Waals surface area contributed by atoms with Gasteiger partial charge < -0.3 is 4.98 Å². The quantitative estimate of drug-likeness (QED) is 0.694. The van der Waals surface area contributed by atoms with Crippen LogP contribution >= 0.6 is 23.6 Å². The van der Waals surface area contributed by atoms with Crippen molar-refractivity contribution in [2.75, 3.05) is 0 Å². The molecule has 1 N–H and O–H groups in total. The Balaban J connectivity index is 2.38. The molecule has 0 saturated carbocycles. The maximum atomic E-state index is 12.9. The van der Waals surface area contributed by atoms with Crippen LogP contribution in [0, 0.1) is 10.6 Å². The summed E-state index contributed by atoms with van der Waals surface area (Å²) in [6.07, 6.45) is 0. The van der Waals surface area contributed by atoms with E-state index in [-0.39, 0.29) is 11.4 Å². The van der Waals surface area contributed by atoms with E-state index in [1.165, 1.54) is 40.2 Å². The van der Waals surface area contributed by atoms with Gasteiger partial charge in [-0.05, 0) is 47.9 Å². The molecule has 0 aliphatic heterocycles. The van der Waals surface area contributed by atoms with Crippen molar-refractivity contribution in [2.45, 2.75) is 0 Å². The van der Waals surface area contributed by atoms with E-state index in [9.17, 15) is 9.18 Å². The number of thiophene rings is 1. The zero-order valence-electron chi connectivity index (χ0n) is 9.01. The predicted octanol–water partition coefficient (Wildman–Crippen LogP) is 3.25. The zero-order chi connectivity index (χ0) is 12.7. The van der Waals surface area contributed by atoms with Gasteiger partial charge in [0.2, 0.25) is 0 Å². The summed E-state index contributed by atoms with van der Waals surface area (Å²) in [6.45, 7) is 0. The number of halogens is 1. The van der Waals surface area contributed by atoms with Crippen molar-refractivity contribution >= 4 is 33.8 Å². The minimum absolute atomic E-state index is 0.193. The SMILES string of the molecule is O=c1c2ccsc2[nH]c(=S)n1-c1ccc(F)cc1. The number of nitrogens with zero attached hydrogens (tertiary/aromatic N) is 1. The molecule has 0 fully saturated rings. The van der Waals surface area contributed by atoms with Crippen LogP contribution in [0.25, 0.3) is 15.9 Å². The molecule has 6 heteroatoms. The van der Waals surface area contributed by atoms with E-state index >= 15 is 0 Å². The van der Waals surface area contributed by atoms with Crippen LogP contribution in [0.15, 0.2) is 40.5 Å². The van der Waals surface area contributed by atoms with Crippen molar-refractivity contribution in [3.63, 3.8) is 0 Å². The Morgan fingerprint density at radius 3 is 2.67 bits per heavy atom. The number of aromatic nitrogens is 2. The van der Waals surface area contributed by atoms with Gasteiger partial charge in [-0.2, -0.15) is 0 Å². The third kappa shape index (κ3) is 1.70. The lowest BCUT2D eigenvalue weighted by Gasteiger charge is -2.05. The molecule has 0 amide bonds. The Bertz CT molecular complexity index is 830. The van der Waals surface area contributed by atoms with Gasteiger partial charge in [0, 0.05) is 0 Å². The first-order valence-electron chi connectivity index (χ1n) is 5.15. The Labute approximate surface area is 110 Å². The highest BCUT2D eigenvalue weighted by Gasteiger charge is 2.08. The molecule has 2 heterocycles. The van der Waals surface area contributed by atoms with Gasteiger partial charge in [0.15, 0.2) is 4.77 Å². The standard InChI is InChI=1S/C12H7FN2OS2/c13-7-1-3-8(4-2-7)15-11(16)9-5-6-18-10(9)14-12(15)17/h1-6H,(H,14,17). The highest BCUT2D eigenvalue weighted by Crippen LogP contribution is 2.16. The monoisotopic (exact) mass is 278 g/mol. The summed E-state index contributed by atoms with van der Waals surface area (Å²) in [5.41, 5.74) is 0.359. The van der Waals surface area contributed by atoms with E-state index in [0.29, 0.717) is 15.8 Å². The summed E-state index contributed by atoms with van der Waals surface area (Å²) in [7, 11) is 0. The van der Waals surface area contributed by atoms with Crippen molar-refractivity contribution in [3.05, 3.63) is 56.7 Å². The van der Waals surface area contributed by atoms with Crippen LogP contribution in [0.3, 0.4) is 0 Å². The van der Waals surface area contributed by atoms with Crippen LogP contribution in [0.4, 0.5) is 4.39 Å². The van der Waals surface area contributed by atoms with Gasteiger partial charge in [0.1, 0.15) is 10.6 Å². The lowest BCUT2D eigenvalue weighted by molar-refractivity contribution is 0.627. The summed E-state index contributed by atoms with van der Waals surface area (Å²) in [5, 5.41) is 2.41. The van der Waals surface area contributed by atoms with Gasteiger partial charge in [-0.25, -0.2) is 4.39 Å². The van der Waals surface area contributed by atoms with Gasteiger partial charge >= 0.3 is 0 Å². The first-order chi connectivity index (χ1) is 8.66. The van der Waals surface area contributed by atoms with Crippen molar-refractivity contribution in [3.8, 4) is 5.69 Å². The maximum absolute atomic E-state index is 12.9. The summed E-state index contributed by atoms with van der Waals surface area (Å²) in [5.74, 6) is -0.349. The topological polar surface area (TPSA) is 37.8 Å². The van der Waals surface area contributed by atoms with Crippen LogP contribution < -0.4 is 5.56 Å². The van der Waals surface area contributed by atoms with E-state index in [0.717, 1.165) is 4.83 Å². The molecule has 3 aromatic rings. The Morgan fingerprint density at radius 1 is 1.22 bits per heavy atom. The molecule has 0 aliphatic rings. The molecular formula is C12H7FN2OS2. The fourth-order valence-electron chi connectivity index (χ4n) is 1.76. The van der Waals surface area contributed by atoms with E-state index in [1.54, 1.807) is 6.07 Å². The number of fused-ring (bicyclic) bond motifs is 1. The smallest absolute Gasteiger partial charge is 0.267 e. The highest BCUT2D eigenvalue weighted by atomic mass is 32.1. The number of hydrogen-bond donors (Lipinski definition) is 1. The molecule has 0 radical (unpaired) electrons. The van der Waals surface area contributed by atoms with E-state index in [2.05, 4.69) is 4.98 Å². The second kappa shape index (κ2) is 4.15. The molecule has 0 spiro atoms. The van der Waals surface area contributed by atoms with Crippen molar-refractivity contribution in [2.24, 2.45) is 0 Å². The first-order valence-corrected chi connectivity index (χ1v) is 6.44. The Morgan fingerprint density at radius 2 is 1.94 bits per heavy atom. The molecule has 0 unspecified atom stereocenters. The molecule has 0 atom stereocenters. The summed E-state index contributed by atoms with van der Waals surface area (Å²) < 4.78 is 14.6. The molecule has 0 aliphatic carbocycles. The maximum Gasteiger partial charge on any atom is 0.267 e. The van der Waals surface area contributed by atoms with E-state index in [1.807, 2.05) is 5.38 Å². The lowest BCUT2D eigenvalue weighted by Crippen LogP contribution is -2.19. The van der Waals surface area contributed by atoms with Gasteiger partial charge in [-0.15, -0.1) is 11.3 Å².